The van der Waals surface area contributed by atoms with E-state index in [1.807, 2.05) is 38.1 Å². The third kappa shape index (κ3) is 9.91. The number of thioether (sulfide) groups is 1. The van der Waals surface area contributed by atoms with Gasteiger partial charge in [-0.1, -0.05) is 32.0 Å². The summed E-state index contributed by atoms with van der Waals surface area (Å²) in [6, 6.07) is 2.50. The van der Waals surface area contributed by atoms with Gasteiger partial charge in [-0.2, -0.15) is 11.8 Å². The summed E-state index contributed by atoms with van der Waals surface area (Å²) in [5.74, 6) is -4.33. The predicted molar refractivity (Wildman–Crippen MR) is 148 cm³/mol. The lowest BCUT2D eigenvalue weighted by atomic mass is 10.0. The molecule has 4 atom stereocenters. The van der Waals surface area contributed by atoms with E-state index in [0.717, 1.165) is 10.9 Å². The van der Waals surface area contributed by atoms with Crippen molar-refractivity contribution in [2.45, 2.75) is 63.7 Å². The Kier molecular flexibility index (Phi) is 12.3. The Hall–Kier alpha value is -3.58. The second-order valence-corrected chi connectivity index (χ2v) is 10.7. The number of carboxylic acid groups (broad SMARTS) is 2. The average molecular weight is 564 g/mol. The van der Waals surface area contributed by atoms with Gasteiger partial charge in [0.25, 0.3) is 0 Å². The number of rotatable bonds is 16. The number of amides is 3. The lowest BCUT2D eigenvalue weighted by Gasteiger charge is -2.25. The van der Waals surface area contributed by atoms with Crippen molar-refractivity contribution < 1.29 is 34.2 Å². The Balaban J connectivity index is 2.17. The van der Waals surface area contributed by atoms with Gasteiger partial charge in [-0.15, -0.1) is 0 Å². The molecule has 3 amide bonds. The molecule has 0 aliphatic carbocycles. The SMILES string of the molecule is CSCCC(NC(=O)C(CC(=O)O)NC(=O)C(N)CC(C)C)C(=O)NC(Cc1c[nH]c2ccccc12)C(=O)O. The van der Waals surface area contributed by atoms with Crippen molar-refractivity contribution in [3.05, 3.63) is 36.0 Å². The zero-order valence-corrected chi connectivity index (χ0v) is 23.0. The Morgan fingerprint density at radius 3 is 2.18 bits per heavy atom. The molecule has 1 aromatic heterocycles. The second kappa shape index (κ2) is 15.1. The molecule has 13 heteroatoms. The molecule has 0 saturated carbocycles. The van der Waals surface area contributed by atoms with Crippen LogP contribution < -0.4 is 21.7 Å². The van der Waals surface area contributed by atoms with Crippen molar-refractivity contribution in [2.24, 2.45) is 11.7 Å². The molecule has 0 aliphatic heterocycles. The number of nitrogens with two attached hydrogens (primary N) is 1. The molecule has 0 fully saturated rings. The number of benzene rings is 1. The minimum atomic E-state index is -1.47. The second-order valence-electron chi connectivity index (χ2n) is 9.70. The Bertz CT molecular complexity index is 1170. The standard InChI is InChI=1S/C26H37N5O7S/c1-14(2)10-17(27)23(34)30-20(12-22(32)33)25(36)29-19(8-9-39-3)24(35)31-21(26(37)38)11-15-13-28-18-7-5-4-6-16(15)18/h4-7,13-14,17,19-21,28H,8-12,27H2,1-3H3,(H,29,36)(H,30,34)(H,31,35)(H,32,33)(H,37,38). The number of aromatic nitrogens is 1. The van der Waals surface area contributed by atoms with Gasteiger partial charge in [-0.05, 0) is 42.4 Å². The van der Waals surface area contributed by atoms with Crippen molar-refractivity contribution >= 4 is 52.3 Å². The van der Waals surface area contributed by atoms with Gasteiger partial charge in [-0.3, -0.25) is 19.2 Å². The van der Waals surface area contributed by atoms with E-state index in [1.54, 1.807) is 12.5 Å². The Morgan fingerprint density at radius 2 is 1.56 bits per heavy atom. The fourth-order valence-corrected chi connectivity index (χ4v) is 4.52. The van der Waals surface area contributed by atoms with Crippen LogP contribution in [0.15, 0.2) is 30.5 Å². The fourth-order valence-electron chi connectivity index (χ4n) is 4.05. The molecule has 2 rings (SSSR count). The number of para-hydroxylation sites is 1. The highest BCUT2D eigenvalue weighted by atomic mass is 32.2. The first-order chi connectivity index (χ1) is 18.4. The van der Waals surface area contributed by atoms with Crippen LogP contribution in [0.5, 0.6) is 0 Å². The minimum absolute atomic E-state index is 0.000281. The van der Waals surface area contributed by atoms with Crippen molar-refractivity contribution in [3.8, 4) is 0 Å². The van der Waals surface area contributed by atoms with Crippen LogP contribution in [0.1, 0.15) is 38.7 Å². The molecule has 8 N–H and O–H groups in total. The third-order valence-electron chi connectivity index (χ3n) is 6.03. The maximum atomic E-state index is 13.2. The Labute approximate surface area is 230 Å². The predicted octanol–water partition coefficient (Wildman–Crippen LogP) is 0.851. The number of nitrogens with one attached hydrogen (secondary N) is 4. The van der Waals surface area contributed by atoms with Crippen molar-refractivity contribution in [1.29, 1.82) is 0 Å². The highest BCUT2D eigenvalue weighted by Gasteiger charge is 2.31. The molecule has 0 radical (unpaired) electrons. The summed E-state index contributed by atoms with van der Waals surface area (Å²) >= 11 is 1.41. The number of aromatic amines is 1. The van der Waals surface area contributed by atoms with Gasteiger partial charge in [0.1, 0.15) is 18.1 Å². The first-order valence-electron chi connectivity index (χ1n) is 12.6. The maximum Gasteiger partial charge on any atom is 0.326 e. The molecule has 12 nitrogen and oxygen atoms in total. The van der Waals surface area contributed by atoms with E-state index in [0.29, 0.717) is 17.7 Å². The molecule has 0 bridgehead atoms. The zero-order chi connectivity index (χ0) is 29.1. The van der Waals surface area contributed by atoms with Crippen LogP contribution in [0.4, 0.5) is 0 Å². The third-order valence-corrected chi connectivity index (χ3v) is 6.67. The van der Waals surface area contributed by atoms with E-state index in [1.165, 1.54) is 11.8 Å². The van der Waals surface area contributed by atoms with Gasteiger partial charge in [0.2, 0.25) is 17.7 Å². The van der Waals surface area contributed by atoms with Gasteiger partial charge >= 0.3 is 11.9 Å². The van der Waals surface area contributed by atoms with E-state index in [-0.39, 0.29) is 18.8 Å². The number of hydrogen-bond acceptors (Lipinski definition) is 7. The van der Waals surface area contributed by atoms with Crippen molar-refractivity contribution in [1.82, 2.24) is 20.9 Å². The van der Waals surface area contributed by atoms with E-state index in [9.17, 15) is 34.2 Å². The number of carboxylic acids is 2. The fraction of sp³-hybridized carbons (Fsp3) is 0.500. The van der Waals surface area contributed by atoms with Gasteiger partial charge < -0.3 is 36.9 Å². The van der Waals surface area contributed by atoms with Crippen LogP contribution >= 0.6 is 11.8 Å². The van der Waals surface area contributed by atoms with E-state index >= 15 is 0 Å². The summed E-state index contributed by atoms with van der Waals surface area (Å²) in [6.45, 7) is 3.74. The quantitative estimate of drug-likeness (QED) is 0.154. The zero-order valence-electron chi connectivity index (χ0n) is 22.2. The molecule has 1 aromatic carbocycles. The molecular weight excluding hydrogens is 526 g/mol. The molecule has 1 heterocycles. The first-order valence-corrected chi connectivity index (χ1v) is 14.0. The lowest BCUT2D eigenvalue weighted by Crippen LogP contribution is -2.57. The molecule has 39 heavy (non-hydrogen) atoms. The number of H-pyrrole nitrogens is 1. The summed E-state index contributed by atoms with van der Waals surface area (Å²) < 4.78 is 0. The molecular formula is C26H37N5O7S. The maximum absolute atomic E-state index is 13.2. The molecule has 0 aliphatic rings. The smallest absolute Gasteiger partial charge is 0.326 e. The Morgan fingerprint density at radius 1 is 0.949 bits per heavy atom. The van der Waals surface area contributed by atoms with Crippen molar-refractivity contribution in [2.75, 3.05) is 12.0 Å². The number of hydrogen-bond donors (Lipinski definition) is 7. The first kappa shape index (κ1) is 31.6. The normalized spacial score (nSPS) is 14.3. The van der Waals surface area contributed by atoms with Crippen molar-refractivity contribution in [3.63, 3.8) is 0 Å². The number of aliphatic carboxylic acids is 2. The van der Waals surface area contributed by atoms with Crippen LogP contribution in [0.2, 0.25) is 0 Å². The van der Waals surface area contributed by atoms with Gasteiger partial charge in [0.15, 0.2) is 0 Å². The molecule has 0 spiro atoms. The summed E-state index contributed by atoms with van der Waals surface area (Å²) in [7, 11) is 0. The summed E-state index contributed by atoms with van der Waals surface area (Å²) in [6.07, 6.45) is 3.25. The van der Waals surface area contributed by atoms with Crippen LogP contribution in [0, 0.1) is 5.92 Å². The summed E-state index contributed by atoms with van der Waals surface area (Å²) in [4.78, 5) is 65.1. The number of fused-ring (bicyclic) bond motifs is 1. The molecule has 214 valence electrons. The topological polar surface area (TPSA) is 204 Å². The molecule has 0 saturated heterocycles. The monoisotopic (exact) mass is 563 g/mol. The van der Waals surface area contributed by atoms with Crippen LogP contribution in [-0.4, -0.2) is 81.0 Å². The van der Waals surface area contributed by atoms with Crippen LogP contribution in [0.3, 0.4) is 0 Å². The largest absolute Gasteiger partial charge is 0.481 e. The summed E-state index contributed by atoms with van der Waals surface area (Å²) in [5.41, 5.74) is 7.40. The van der Waals surface area contributed by atoms with Crippen LogP contribution in [0.25, 0.3) is 10.9 Å². The van der Waals surface area contributed by atoms with E-state index in [2.05, 4.69) is 20.9 Å². The molecule has 4 unspecified atom stereocenters. The van der Waals surface area contributed by atoms with Gasteiger partial charge in [0.05, 0.1) is 12.5 Å². The number of carbonyl (C=O) groups excluding carboxylic acids is 3. The van der Waals surface area contributed by atoms with Crippen LogP contribution in [-0.2, 0) is 30.4 Å². The summed E-state index contributed by atoms with van der Waals surface area (Å²) in [5, 5.41) is 27.3. The average Bonchev–Trinajstić information content (AvgIpc) is 3.27. The van der Waals surface area contributed by atoms with Gasteiger partial charge in [0, 0.05) is 23.5 Å². The number of carbonyl (C=O) groups is 5. The molecule has 2 aromatic rings. The highest BCUT2D eigenvalue weighted by molar-refractivity contribution is 7.98. The van der Waals surface area contributed by atoms with E-state index in [4.69, 9.17) is 5.73 Å². The minimum Gasteiger partial charge on any atom is -0.481 e. The van der Waals surface area contributed by atoms with Gasteiger partial charge in [-0.25, -0.2) is 4.79 Å². The highest BCUT2D eigenvalue weighted by Crippen LogP contribution is 2.19. The lowest BCUT2D eigenvalue weighted by molar-refractivity contribution is -0.143. The van der Waals surface area contributed by atoms with E-state index < -0.39 is 60.2 Å².